The monoisotopic (exact) mass is 285 g/mol. The van der Waals surface area contributed by atoms with Gasteiger partial charge in [0.15, 0.2) is 0 Å². The first kappa shape index (κ1) is 15.6. The molecule has 0 aliphatic carbocycles. The SMILES string of the molecule is CC(C)(CCCCl)CNC(=O)c1c(O)cccc1O. The van der Waals surface area contributed by atoms with E-state index in [1.165, 1.54) is 18.2 Å². The predicted octanol–water partition coefficient (Wildman–Crippen LogP) is 2.87. The Hall–Kier alpha value is -1.42. The van der Waals surface area contributed by atoms with Crippen LogP contribution in [-0.4, -0.2) is 28.5 Å². The third kappa shape index (κ3) is 4.63. The lowest BCUT2D eigenvalue weighted by Gasteiger charge is -2.24. The van der Waals surface area contributed by atoms with E-state index in [1.54, 1.807) is 0 Å². The van der Waals surface area contributed by atoms with Gasteiger partial charge >= 0.3 is 0 Å². The van der Waals surface area contributed by atoms with Gasteiger partial charge < -0.3 is 15.5 Å². The second-order valence-electron chi connectivity index (χ2n) is 5.31. The van der Waals surface area contributed by atoms with Gasteiger partial charge in [0.25, 0.3) is 5.91 Å². The van der Waals surface area contributed by atoms with Crippen molar-refractivity contribution >= 4 is 17.5 Å². The number of hydrogen-bond donors (Lipinski definition) is 3. The van der Waals surface area contributed by atoms with Gasteiger partial charge in [0, 0.05) is 12.4 Å². The summed E-state index contributed by atoms with van der Waals surface area (Å²) in [4.78, 5) is 11.9. The van der Waals surface area contributed by atoms with Gasteiger partial charge in [0.1, 0.15) is 17.1 Å². The predicted molar refractivity (Wildman–Crippen MR) is 75.8 cm³/mol. The smallest absolute Gasteiger partial charge is 0.258 e. The van der Waals surface area contributed by atoms with Crippen LogP contribution in [0.4, 0.5) is 0 Å². The molecule has 1 aromatic carbocycles. The second-order valence-corrected chi connectivity index (χ2v) is 5.69. The Balaban J connectivity index is 2.66. The molecule has 0 bridgehead atoms. The van der Waals surface area contributed by atoms with Crippen LogP contribution in [0, 0.1) is 5.41 Å². The lowest BCUT2D eigenvalue weighted by atomic mass is 9.88. The Bertz CT molecular complexity index is 426. The van der Waals surface area contributed by atoms with E-state index in [4.69, 9.17) is 11.6 Å². The van der Waals surface area contributed by atoms with Crippen LogP contribution in [0.2, 0.25) is 0 Å². The first-order valence-electron chi connectivity index (χ1n) is 6.22. The summed E-state index contributed by atoms with van der Waals surface area (Å²) in [5.74, 6) is -0.334. The van der Waals surface area contributed by atoms with E-state index < -0.39 is 5.91 Å². The lowest BCUT2D eigenvalue weighted by Crippen LogP contribution is -2.34. The van der Waals surface area contributed by atoms with Crippen molar-refractivity contribution in [2.75, 3.05) is 12.4 Å². The maximum absolute atomic E-state index is 11.9. The van der Waals surface area contributed by atoms with E-state index >= 15 is 0 Å². The summed E-state index contributed by atoms with van der Waals surface area (Å²) in [7, 11) is 0. The van der Waals surface area contributed by atoms with Crippen LogP contribution in [0.15, 0.2) is 18.2 Å². The maximum atomic E-state index is 11.9. The molecular formula is C14H20ClNO3. The van der Waals surface area contributed by atoms with Crippen LogP contribution in [0.1, 0.15) is 37.0 Å². The lowest BCUT2D eigenvalue weighted by molar-refractivity contribution is 0.0929. The average Bonchev–Trinajstić information content (AvgIpc) is 2.34. The molecule has 0 saturated carbocycles. The van der Waals surface area contributed by atoms with E-state index in [2.05, 4.69) is 5.32 Å². The molecule has 19 heavy (non-hydrogen) atoms. The molecule has 106 valence electrons. The second kappa shape index (κ2) is 6.66. The number of benzene rings is 1. The van der Waals surface area contributed by atoms with Crippen molar-refractivity contribution in [2.24, 2.45) is 5.41 Å². The molecule has 0 atom stereocenters. The zero-order valence-corrected chi connectivity index (χ0v) is 12.0. The molecule has 0 aliphatic rings. The van der Waals surface area contributed by atoms with E-state index in [9.17, 15) is 15.0 Å². The average molecular weight is 286 g/mol. The van der Waals surface area contributed by atoms with Gasteiger partial charge in [-0.25, -0.2) is 0 Å². The molecule has 0 aliphatic heterocycles. The van der Waals surface area contributed by atoms with E-state index in [0.29, 0.717) is 12.4 Å². The summed E-state index contributed by atoms with van der Waals surface area (Å²) in [6, 6.07) is 4.21. The first-order valence-corrected chi connectivity index (χ1v) is 6.76. The zero-order chi connectivity index (χ0) is 14.5. The van der Waals surface area contributed by atoms with Crippen LogP contribution in [0.5, 0.6) is 11.5 Å². The number of phenolic OH excluding ortho intramolecular Hbond substituents is 2. The van der Waals surface area contributed by atoms with Crippen molar-refractivity contribution in [1.82, 2.24) is 5.32 Å². The fourth-order valence-electron chi connectivity index (χ4n) is 1.80. The van der Waals surface area contributed by atoms with Crippen LogP contribution >= 0.6 is 11.6 Å². The number of halogens is 1. The third-order valence-corrected chi connectivity index (χ3v) is 3.23. The van der Waals surface area contributed by atoms with Crippen LogP contribution in [0.25, 0.3) is 0 Å². The van der Waals surface area contributed by atoms with Crippen molar-refractivity contribution in [1.29, 1.82) is 0 Å². The third-order valence-electron chi connectivity index (χ3n) is 2.96. The Kier molecular flexibility index (Phi) is 5.48. The number of carbonyl (C=O) groups is 1. The zero-order valence-electron chi connectivity index (χ0n) is 11.2. The van der Waals surface area contributed by atoms with Crippen molar-refractivity contribution in [3.05, 3.63) is 23.8 Å². The highest BCUT2D eigenvalue weighted by Gasteiger charge is 2.21. The minimum atomic E-state index is -0.477. The fourth-order valence-corrected chi connectivity index (χ4v) is 1.94. The molecule has 1 rings (SSSR count). The van der Waals surface area contributed by atoms with Crippen molar-refractivity contribution < 1.29 is 15.0 Å². The minimum Gasteiger partial charge on any atom is -0.507 e. The minimum absolute atomic E-state index is 0.0788. The number of amides is 1. The number of hydrogen-bond acceptors (Lipinski definition) is 3. The molecule has 0 saturated heterocycles. The van der Waals surface area contributed by atoms with Crippen molar-refractivity contribution in [3.8, 4) is 11.5 Å². The van der Waals surface area contributed by atoms with Gasteiger partial charge in [-0.1, -0.05) is 19.9 Å². The first-order chi connectivity index (χ1) is 8.87. The summed E-state index contributed by atoms with van der Waals surface area (Å²) in [6.45, 7) is 4.52. The van der Waals surface area contributed by atoms with Gasteiger partial charge in [-0.15, -0.1) is 11.6 Å². The molecular weight excluding hydrogens is 266 g/mol. The van der Waals surface area contributed by atoms with Crippen molar-refractivity contribution in [3.63, 3.8) is 0 Å². The largest absolute Gasteiger partial charge is 0.507 e. The molecule has 0 aromatic heterocycles. The number of nitrogens with one attached hydrogen (secondary N) is 1. The van der Waals surface area contributed by atoms with Gasteiger partial charge in [-0.05, 0) is 30.4 Å². The van der Waals surface area contributed by atoms with E-state index in [-0.39, 0.29) is 22.5 Å². The summed E-state index contributed by atoms with van der Waals surface area (Å²) in [5.41, 5.74) is -0.166. The van der Waals surface area contributed by atoms with E-state index in [0.717, 1.165) is 12.8 Å². The quantitative estimate of drug-likeness (QED) is 0.704. The van der Waals surface area contributed by atoms with Gasteiger partial charge in [0.05, 0.1) is 0 Å². The molecule has 0 fully saturated rings. The normalized spacial score (nSPS) is 11.3. The molecule has 0 spiro atoms. The summed E-state index contributed by atoms with van der Waals surface area (Å²) < 4.78 is 0. The molecule has 1 aromatic rings. The summed E-state index contributed by atoms with van der Waals surface area (Å²) in [5, 5.41) is 21.9. The molecule has 5 heteroatoms. The Morgan fingerprint density at radius 3 is 2.42 bits per heavy atom. The number of phenols is 2. The molecule has 0 unspecified atom stereocenters. The molecule has 3 N–H and O–H groups in total. The Morgan fingerprint density at radius 1 is 1.32 bits per heavy atom. The fraction of sp³-hybridized carbons (Fsp3) is 0.500. The van der Waals surface area contributed by atoms with Crippen LogP contribution in [-0.2, 0) is 0 Å². The van der Waals surface area contributed by atoms with Crippen molar-refractivity contribution in [2.45, 2.75) is 26.7 Å². The Labute approximate surface area is 118 Å². The number of alkyl halides is 1. The molecule has 1 amide bonds. The number of rotatable bonds is 6. The number of carbonyl (C=O) groups excluding carboxylic acids is 1. The topological polar surface area (TPSA) is 69.6 Å². The van der Waals surface area contributed by atoms with Crippen LogP contribution in [0.3, 0.4) is 0 Å². The molecule has 0 heterocycles. The highest BCUT2D eigenvalue weighted by Crippen LogP contribution is 2.27. The highest BCUT2D eigenvalue weighted by atomic mass is 35.5. The van der Waals surface area contributed by atoms with Crippen LogP contribution < -0.4 is 5.32 Å². The standard InChI is InChI=1S/C14H20ClNO3/c1-14(2,7-4-8-15)9-16-13(19)12-10(17)5-3-6-11(12)18/h3,5-6,17-18H,4,7-9H2,1-2H3,(H,16,19). The summed E-state index contributed by atoms with van der Waals surface area (Å²) >= 11 is 5.65. The Morgan fingerprint density at radius 2 is 1.89 bits per heavy atom. The number of aromatic hydroxyl groups is 2. The van der Waals surface area contributed by atoms with Gasteiger partial charge in [-0.2, -0.15) is 0 Å². The summed E-state index contributed by atoms with van der Waals surface area (Å²) in [6.07, 6.45) is 1.77. The molecule has 4 nitrogen and oxygen atoms in total. The molecule has 0 radical (unpaired) electrons. The van der Waals surface area contributed by atoms with Gasteiger partial charge in [0.2, 0.25) is 0 Å². The van der Waals surface area contributed by atoms with E-state index in [1.807, 2.05) is 13.8 Å². The van der Waals surface area contributed by atoms with Gasteiger partial charge in [-0.3, -0.25) is 4.79 Å². The maximum Gasteiger partial charge on any atom is 0.258 e. The highest BCUT2D eigenvalue weighted by molar-refractivity contribution is 6.17.